The summed E-state index contributed by atoms with van der Waals surface area (Å²) in [5.41, 5.74) is 0. The van der Waals surface area contributed by atoms with Gasteiger partial charge in [-0.2, -0.15) is 0 Å². The van der Waals surface area contributed by atoms with Crippen LogP contribution in [-0.4, -0.2) is 48.4 Å². The number of thiophene rings is 1. The highest BCUT2D eigenvalue weighted by Crippen LogP contribution is 2.31. The lowest BCUT2D eigenvalue weighted by atomic mass is 10.2. The maximum absolute atomic E-state index is 12.5. The first-order chi connectivity index (χ1) is 9.43. The van der Waals surface area contributed by atoms with Crippen molar-refractivity contribution in [3.05, 3.63) is 21.9 Å². The van der Waals surface area contributed by atoms with Crippen LogP contribution in [0.3, 0.4) is 0 Å². The minimum absolute atomic E-state index is 0.0357. The standard InChI is InChI=1S/C15H25N3OS/c1-6-12-15(19)18(9-10(2)17(4)5)14(16-12)13-8-7-11(3)20-13/h7-8,10,12,14,16H,6,9H2,1-5H3. The number of likely N-dealkylation sites (N-methyl/N-ethyl adjacent to an activating group) is 1. The lowest BCUT2D eigenvalue weighted by Crippen LogP contribution is -2.41. The molecule has 5 heteroatoms. The number of aryl methyl sites for hydroxylation is 1. The zero-order valence-corrected chi connectivity index (χ0v) is 13.8. The van der Waals surface area contributed by atoms with Crippen LogP contribution < -0.4 is 5.32 Å². The molecule has 112 valence electrons. The van der Waals surface area contributed by atoms with Crippen molar-refractivity contribution in [2.24, 2.45) is 0 Å². The molecular formula is C15H25N3OS. The second kappa shape index (κ2) is 6.24. The van der Waals surface area contributed by atoms with Gasteiger partial charge in [0.05, 0.1) is 6.04 Å². The van der Waals surface area contributed by atoms with Crippen LogP contribution in [0.15, 0.2) is 12.1 Å². The lowest BCUT2D eigenvalue weighted by Gasteiger charge is -2.29. The molecule has 20 heavy (non-hydrogen) atoms. The summed E-state index contributed by atoms with van der Waals surface area (Å²) in [5, 5.41) is 3.48. The molecular weight excluding hydrogens is 270 g/mol. The average Bonchev–Trinajstić information content (AvgIpc) is 2.95. The van der Waals surface area contributed by atoms with Crippen LogP contribution in [0.5, 0.6) is 0 Å². The fourth-order valence-corrected chi connectivity index (χ4v) is 3.40. The highest BCUT2D eigenvalue weighted by atomic mass is 32.1. The Bertz CT molecular complexity index is 471. The van der Waals surface area contributed by atoms with Gasteiger partial charge >= 0.3 is 0 Å². The maximum atomic E-state index is 12.5. The molecule has 0 spiro atoms. The topological polar surface area (TPSA) is 35.6 Å². The molecule has 0 aromatic carbocycles. The summed E-state index contributed by atoms with van der Waals surface area (Å²) >= 11 is 1.77. The van der Waals surface area contributed by atoms with Gasteiger partial charge in [-0.25, -0.2) is 0 Å². The summed E-state index contributed by atoms with van der Waals surface area (Å²) in [6, 6.07) is 4.56. The summed E-state index contributed by atoms with van der Waals surface area (Å²) < 4.78 is 0. The van der Waals surface area contributed by atoms with E-state index in [9.17, 15) is 4.79 Å². The number of rotatable bonds is 5. The first kappa shape index (κ1) is 15.5. The number of nitrogens with zero attached hydrogens (tertiary/aromatic N) is 2. The zero-order chi connectivity index (χ0) is 14.9. The molecule has 0 saturated carbocycles. The second-order valence-electron chi connectivity index (χ2n) is 5.78. The molecule has 3 atom stereocenters. The number of carbonyl (C=O) groups is 1. The highest BCUT2D eigenvalue weighted by Gasteiger charge is 2.39. The number of carbonyl (C=O) groups excluding carboxylic acids is 1. The van der Waals surface area contributed by atoms with Crippen LogP contribution in [0.1, 0.15) is 36.2 Å². The highest BCUT2D eigenvalue weighted by molar-refractivity contribution is 7.12. The smallest absolute Gasteiger partial charge is 0.241 e. The summed E-state index contributed by atoms with van der Waals surface area (Å²) in [6.45, 7) is 7.08. The van der Waals surface area contributed by atoms with Crippen LogP contribution in [-0.2, 0) is 4.79 Å². The van der Waals surface area contributed by atoms with E-state index in [2.05, 4.69) is 57.2 Å². The molecule has 2 heterocycles. The molecule has 3 unspecified atom stereocenters. The molecule has 2 rings (SSSR count). The summed E-state index contributed by atoms with van der Waals surface area (Å²) in [5.74, 6) is 0.234. The molecule has 1 N–H and O–H groups in total. The average molecular weight is 295 g/mol. The number of amides is 1. The third-order valence-electron chi connectivity index (χ3n) is 4.03. The maximum Gasteiger partial charge on any atom is 0.241 e. The van der Waals surface area contributed by atoms with Gasteiger partial charge in [-0.15, -0.1) is 11.3 Å². The molecule has 0 radical (unpaired) electrons. The van der Waals surface area contributed by atoms with Crippen molar-refractivity contribution in [3.63, 3.8) is 0 Å². The fraction of sp³-hybridized carbons (Fsp3) is 0.667. The summed E-state index contributed by atoms with van der Waals surface area (Å²) in [4.78, 5) is 19.2. The third kappa shape index (κ3) is 3.05. The van der Waals surface area contributed by atoms with E-state index < -0.39 is 0 Å². The minimum atomic E-state index is -0.0447. The quantitative estimate of drug-likeness (QED) is 0.905. The first-order valence-electron chi connectivity index (χ1n) is 7.23. The largest absolute Gasteiger partial charge is 0.319 e. The molecule has 1 aromatic heterocycles. The predicted molar refractivity (Wildman–Crippen MR) is 83.9 cm³/mol. The van der Waals surface area contributed by atoms with Crippen molar-refractivity contribution >= 4 is 17.2 Å². The molecule has 1 amide bonds. The minimum Gasteiger partial charge on any atom is -0.319 e. The van der Waals surface area contributed by atoms with Gasteiger partial charge in [0, 0.05) is 22.3 Å². The Balaban J connectivity index is 2.21. The van der Waals surface area contributed by atoms with Gasteiger partial charge < -0.3 is 9.80 Å². The number of hydrogen-bond donors (Lipinski definition) is 1. The van der Waals surface area contributed by atoms with Crippen molar-refractivity contribution in [3.8, 4) is 0 Å². The van der Waals surface area contributed by atoms with Crippen molar-refractivity contribution in [1.82, 2.24) is 15.1 Å². The van der Waals surface area contributed by atoms with E-state index in [1.807, 2.05) is 4.90 Å². The van der Waals surface area contributed by atoms with E-state index in [1.54, 1.807) is 11.3 Å². The predicted octanol–water partition coefficient (Wildman–Crippen LogP) is 2.22. The molecule has 1 aromatic rings. The Hall–Kier alpha value is -0.910. The van der Waals surface area contributed by atoms with Crippen molar-refractivity contribution < 1.29 is 4.79 Å². The molecule has 1 aliphatic rings. The zero-order valence-electron chi connectivity index (χ0n) is 13.0. The molecule has 4 nitrogen and oxygen atoms in total. The fourth-order valence-electron chi connectivity index (χ4n) is 2.45. The van der Waals surface area contributed by atoms with Gasteiger partial charge in [-0.1, -0.05) is 6.92 Å². The lowest BCUT2D eigenvalue weighted by molar-refractivity contribution is -0.130. The molecule has 1 fully saturated rings. The second-order valence-corrected chi connectivity index (χ2v) is 7.10. The Kier molecular flexibility index (Phi) is 4.83. The number of nitrogens with one attached hydrogen (secondary N) is 1. The van der Waals surface area contributed by atoms with E-state index in [0.717, 1.165) is 13.0 Å². The van der Waals surface area contributed by atoms with Crippen molar-refractivity contribution in [2.45, 2.75) is 45.4 Å². The van der Waals surface area contributed by atoms with Crippen LogP contribution in [0, 0.1) is 6.92 Å². The van der Waals surface area contributed by atoms with E-state index in [1.165, 1.54) is 9.75 Å². The van der Waals surface area contributed by atoms with Crippen LogP contribution >= 0.6 is 11.3 Å². The van der Waals surface area contributed by atoms with Crippen LogP contribution in [0.4, 0.5) is 0 Å². The first-order valence-corrected chi connectivity index (χ1v) is 8.05. The molecule has 1 saturated heterocycles. The van der Waals surface area contributed by atoms with Gasteiger partial charge in [-0.05, 0) is 46.5 Å². The van der Waals surface area contributed by atoms with Gasteiger partial charge in [0.2, 0.25) is 5.91 Å². The van der Waals surface area contributed by atoms with Gasteiger partial charge in [-0.3, -0.25) is 10.1 Å². The third-order valence-corrected chi connectivity index (χ3v) is 5.09. The molecule has 1 aliphatic heterocycles. The van der Waals surface area contributed by atoms with Crippen LogP contribution in [0.25, 0.3) is 0 Å². The monoisotopic (exact) mass is 295 g/mol. The van der Waals surface area contributed by atoms with Gasteiger partial charge in [0.15, 0.2) is 0 Å². The van der Waals surface area contributed by atoms with Crippen molar-refractivity contribution in [2.75, 3.05) is 20.6 Å². The Labute approximate surface area is 125 Å². The van der Waals surface area contributed by atoms with E-state index in [0.29, 0.717) is 6.04 Å². The molecule has 0 aliphatic carbocycles. The summed E-state index contributed by atoms with van der Waals surface area (Å²) in [7, 11) is 4.11. The summed E-state index contributed by atoms with van der Waals surface area (Å²) in [6.07, 6.45) is 0.876. The van der Waals surface area contributed by atoms with Crippen LogP contribution in [0.2, 0.25) is 0 Å². The van der Waals surface area contributed by atoms with Crippen molar-refractivity contribution in [1.29, 1.82) is 0 Å². The Morgan fingerprint density at radius 2 is 2.15 bits per heavy atom. The van der Waals surface area contributed by atoms with E-state index in [4.69, 9.17) is 0 Å². The van der Waals surface area contributed by atoms with Gasteiger partial charge in [0.1, 0.15) is 6.17 Å². The SMILES string of the molecule is CCC1NC(c2ccc(C)s2)N(CC(C)N(C)C)C1=O. The van der Waals surface area contributed by atoms with E-state index in [-0.39, 0.29) is 18.1 Å². The van der Waals surface area contributed by atoms with E-state index >= 15 is 0 Å². The molecule has 0 bridgehead atoms. The Morgan fingerprint density at radius 3 is 2.65 bits per heavy atom. The Morgan fingerprint density at radius 1 is 1.45 bits per heavy atom. The number of hydrogen-bond acceptors (Lipinski definition) is 4. The van der Waals surface area contributed by atoms with Gasteiger partial charge in [0.25, 0.3) is 0 Å². The normalized spacial score (nSPS) is 24.7.